The summed E-state index contributed by atoms with van der Waals surface area (Å²) in [5.41, 5.74) is 1.75. The Balaban J connectivity index is 3.04. The molecule has 1 N–H and O–H groups in total. The Bertz CT molecular complexity index is 795. The average molecular weight is 493 g/mol. The molecule has 0 atom stereocenters. The maximum Gasteiger partial charge on any atom is 0.355 e. The maximum absolute atomic E-state index is 13.4. The minimum absolute atomic E-state index is 0.0150. The lowest BCUT2D eigenvalue weighted by Crippen LogP contribution is -2.37. The van der Waals surface area contributed by atoms with Crippen molar-refractivity contribution in [3.05, 3.63) is 41.7 Å². The summed E-state index contributed by atoms with van der Waals surface area (Å²) >= 11 is 0. The van der Waals surface area contributed by atoms with Crippen molar-refractivity contribution in [1.29, 1.82) is 0 Å². The van der Waals surface area contributed by atoms with Crippen LogP contribution in [0.3, 0.4) is 0 Å². The van der Waals surface area contributed by atoms with Crippen LogP contribution in [0.2, 0.25) is 0 Å². The van der Waals surface area contributed by atoms with Gasteiger partial charge in [0.2, 0.25) is 11.3 Å². The lowest BCUT2D eigenvalue weighted by molar-refractivity contribution is -0.120. The number of carbonyl (C=O) groups excluding carboxylic acids is 1. The Hall–Kier alpha value is -1.34. The zero-order chi connectivity index (χ0) is 24.2. The van der Waals surface area contributed by atoms with Crippen LogP contribution in [-0.2, 0) is 32.0 Å². The van der Waals surface area contributed by atoms with Gasteiger partial charge >= 0.3 is 15.2 Å². The molecule has 0 aliphatic heterocycles. The van der Waals surface area contributed by atoms with Crippen molar-refractivity contribution in [2.24, 2.45) is 0 Å². The van der Waals surface area contributed by atoms with Crippen LogP contribution in [0.1, 0.15) is 46.6 Å². The van der Waals surface area contributed by atoms with E-state index in [4.69, 9.17) is 18.1 Å². The summed E-state index contributed by atoms with van der Waals surface area (Å²) in [5.74, 6) is -1.12. The minimum Gasteiger partial charge on any atom is -0.354 e. The Morgan fingerprint density at radius 3 is 1.78 bits per heavy atom. The summed E-state index contributed by atoms with van der Waals surface area (Å²) in [6, 6.07) is 6.07. The zero-order valence-corrected chi connectivity index (χ0v) is 21.1. The molecule has 0 saturated carbocycles. The molecule has 0 spiro atoms. The van der Waals surface area contributed by atoms with E-state index in [-0.39, 0.29) is 38.8 Å². The van der Waals surface area contributed by atoms with Crippen LogP contribution >= 0.6 is 15.2 Å². The number of carbonyl (C=O) groups is 1. The summed E-state index contributed by atoms with van der Waals surface area (Å²) in [5, 5.41) is 0.883. The molecule has 0 bridgehead atoms. The van der Waals surface area contributed by atoms with Crippen LogP contribution in [0.15, 0.2) is 30.3 Å². The first kappa shape index (κ1) is 28.7. The minimum atomic E-state index is -4.16. The molecule has 0 radical (unpaired) electrons. The number of nitrogens with one attached hydrogen (secondary N) is 1. The van der Waals surface area contributed by atoms with Crippen molar-refractivity contribution in [3.63, 3.8) is 0 Å². The Morgan fingerprint density at radius 2 is 1.38 bits per heavy atom. The molecular formula is C21H34FNO7P2. The van der Waals surface area contributed by atoms with Gasteiger partial charge in [-0.3, -0.25) is 13.9 Å². The van der Waals surface area contributed by atoms with E-state index >= 15 is 0 Å². The van der Waals surface area contributed by atoms with E-state index in [0.717, 1.165) is 11.1 Å². The molecule has 0 fully saturated rings. The molecule has 32 heavy (non-hydrogen) atoms. The fourth-order valence-electron chi connectivity index (χ4n) is 2.94. The summed E-state index contributed by atoms with van der Waals surface area (Å²) in [6.45, 7) is 8.35. The van der Waals surface area contributed by atoms with E-state index in [2.05, 4.69) is 5.32 Å². The molecule has 1 aromatic carbocycles. The molecular weight excluding hydrogens is 459 g/mol. The summed E-state index contributed by atoms with van der Waals surface area (Å²) < 4.78 is 61.1. The van der Waals surface area contributed by atoms with Gasteiger partial charge in [0.1, 0.15) is 5.82 Å². The van der Waals surface area contributed by atoms with Gasteiger partial charge in [0.25, 0.3) is 0 Å². The van der Waals surface area contributed by atoms with Crippen molar-refractivity contribution in [2.45, 2.75) is 46.4 Å². The Labute approximate surface area is 189 Å². The smallest absolute Gasteiger partial charge is 0.354 e. The van der Waals surface area contributed by atoms with Crippen molar-refractivity contribution in [1.82, 2.24) is 5.32 Å². The van der Waals surface area contributed by atoms with Crippen LogP contribution in [0.4, 0.5) is 4.39 Å². The molecule has 0 unspecified atom stereocenters. The highest BCUT2D eigenvalue weighted by Crippen LogP contribution is 2.70. The molecule has 11 heteroatoms. The van der Waals surface area contributed by atoms with Crippen LogP contribution in [-0.4, -0.2) is 44.3 Å². The predicted octanol–water partition coefficient (Wildman–Crippen LogP) is 5.59. The van der Waals surface area contributed by atoms with E-state index in [9.17, 15) is 18.3 Å². The van der Waals surface area contributed by atoms with Gasteiger partial charge in [0, 0.05) is 6.54 Å². The highest BCUT2D eigenvalue weighted by molar-refractivity contribution is 7.74. The molecule has 8 nitrogen and oxygen atoms in total. The lowest BCUT2D eigenvalue weighted by atomic mass is 10.1. The molecule has 0 aromatic heterocycles. The fourth-order valence-corrected chi connectivity index (χ4v) is 8.04. The quantitative estimate of drug-likeness (QED) is 0.251. The van der Waals surface area contributed by atoms with Gasteiger partial charge in [-0.1, -0.05) is 18.2 Å². The monoisotopic (exact) mass is 493 g/mol. The molecule has 1 amide bonds. The number of amides is 1. The van der Waals surface area contributed by atoms with Crippen molar-refractivity contribution in [2.75, 3.05) is 33.0 Å². The van der Waals surface area contributed by atoms with Crippen LogP contribution in [0.5, 0.6) is 0 Å². The van der Waals surface area contributed by atoms with E-state index < -0.39 is 26.5 Å². The van der Waals surface area contributed by atoms with Gasteiger partial charge < -0.3 is 23.4 Å². The summed E-state index contributed by atoms with van der Waals surface area (Å²) in [6.07, 6.45) is 2.31. The normalized spacial score (nSPS) is 12.9. The molecule has 0 aliphatic rings. The number of allylic oxidation sites excluding steroid dienone is 1. The average Bonchev–Trinajstić information content (AvgIpc) is 2.72. The standard InChI is InChI=1S/C21H34FNO7P2/c1-6-27-31(25,28-7-2)21(32(26,29-8-3)30-9-4)20(24)23-16-10-11-17(5)18-12-14-19(22)15-13-18/h11-15,21H,6-10,16H2,1-5H3,(H,23,24)/b17-11+. The fraction of sp³-hybridized carbons (Fsp3) is 0.571. The van der Waals surface area contributed by atoms with Crippen molar-refractivity contribution in [3.8, 4) is 0 Å². The first-order valence-electron chi connectivity index (χ1n) is 10.6. The number of hydrogen-bond donors (Lipinski definition) is 1. The van der Waals surface area contributed by atoms with E-state index in [1.54, 1.807) is 39.8 Å². The Morgan fingerprint density at radius 1 is 0.938 bits per heavy atom. The lowest BCUT2D eigenvalue weighted by Gasteiger charge is -2.30. The summed E-state index contributed by atoms with van der Waals surface area (Å²) in [4.78, 5) is 13.1. The van der Waals surface area contributed by atoms with Crippen molar-refractivity contribution >= 4 is 26.7 Å². The third-order valence-corrected chi connectivity index (χ3v) is 10.1. The SMILES string of the molecule is CCOP(=O)(OCC)C(C(=O)NCC/C=C(\C)c1ccc(F)cc1)P(=O)(OCC)OCC. The Kier molecular flexibility index (Phi) is 12.6. The zero-order valence-electron chi connectivity index (χ0n) is 19.3. The highest BCUT2D eigenvalue weighted by atomic mass is 31.2. The first-order chi connectivity index (χ1) is 15.2. The molecule has 182 valence electrons. The number of hydrogen-bond acceptors (Lipinski definition) is 7. The molecule has 0 saturated heterocycles. The van der Waals surface area contributed by atoms with E-state index in [1.807, 2.05) is 13.0 Å². The van der Waals surface area contributed by atoms with Gasteiger partial charge in [0.05, 0.1) is 26.4 Å². The van der Waals surface area contributed by atoms with Crippen LogP contribution < -0.4 is 5.32 Å². The number of benzene rings is 1. The third kappa shape index (κ3) is 8.22. The predicted molar refractivity (Wildman–Crippen MR) is 123 cm³/mol. The molecule has 1 rings (SSSR count). The third-order valence-electron chi connectivity index (χ3n) is 4.26. The number of rotatable bonds is 15. The van der Waals surface area contributed by atoms with Gasteiger partial charge in [-0.15, -0.1) is 0 Å². The van der Waals surface area contributed by atoms with Gasteiger partial charge in [-0.2, -0.15) is 0 Å². The second-order valence-electron chi connectivity index (χ2n) is 6.60. The summed E-state index contributed by atoms with van der Waals surface area (Å²) in [7, 11) is -8.33. The second kappa shape index (κ2) is 14.0. The second-order valence-corrected chi connectivity index (χ2v) is 11.2. The van der Waals surface area contributed by atoms with Gasteiger partial charge in [-0.05, 0) is 64.3 Å². The highest BCUT2D eigenvalue weighted by Gasteiger charge is 2.55. The van der Waals surface area contributed by atoms with Gasteiger partial charge in [0.15, 0.2) is 0 Å². The van der Waals surface area contributed by atoms with Gasteiger partial charge in [-0.25, -0.2) is 4.39 Å². The molecule has 1 aromatic rings. The van der Waals surface area contributed by atoms with Crippen LogP contribution in [0, 0.1) is 5.82 Å². The van der Waals surface area contributed by atoms with Crippen LogP contribution in [0.25, 0.3) is 5.57 Å². The first-order valence-corrected chi connectivity index (χ1v) is 13.9. The van der Waals surface area contributed by atoms with Crippen molar-refractivity contribution < 1.29 is 36.4 Å². The molecule has 0 aliphatic carbocycles. The van der Waals surface area contributed by atoms with E-state index in [1.165, 1.54) is 12.1 Å². The molecule has 0 heterocycles. The van der Waals surface area contributed by atoms with E-state index in [0.29, 0.717) is 6.42 Å². The topological polar surface area (TPSA) is 100 Å². The largest absolute Gasteiger partial charge is 0.355 e. The maximum atomic E-state index is 13.4. The number of halogens is 1.